The first-order valence-corrected chi connectivity index (χ1v) is 10.8. The lowest BCUT2D eigenvalue weighted by atomic mass is 9.71. The second-order valence-electron chi connectivity index (χ2n) is 8.86. The van der Waals surface area contributed by atoms with Crippen molar-refractivity contribution in [3.63, 3.8) is 0 Å². The molecule has 0 aliphatic heterocycles. The smallest absolute Gasteiger partial charge is 0.250 e. The maximum atomic E-state index is 12.0. The number of anilines is 1. The van der Waals surface area contributed by atoms with Crippen molar-refractivity contribution in [1.29, 1.82) is 0 Å². The second kappa shape index (κ2) is 10.2. The van der Waals surface area contributed by atoms with Gasteiger partial charge in [0, 0.05) is 18.5 Å². The molecule has 0 aromatic carbocycles. The summed E-state index contributed by atoms with van der Waals surface area (Å²) in [6, 6.07) is 0.366. The Labute approximate surface area is 189 Å². The van der Waals surface area contributed by atoms with Gasteiger partial charge in [0.25, 0.3) is 5.91 Å². The summed E-state index contributed by atoms with van der Waals surface area (Å²) in [7, 11) is 0. The summed E-state index contributed by atoms with van der Waals surface area (Å²) in [6.45, 7) is 10.8. The SMILES string of the molecule is CC(C=CC1=C(C)C(n2ccnc2)CCC1(C)C)=CC=CC(C)=CC(=O)Nc1ncn[nH]1. The number of carbonyl (C=O) groups excluding carboxylic acids is 1. The van der Waals surface area contributed by atoms with Gasteiger partial charge in [-0.05, 0) is 55.7 Å². The Morgan fingerprint density at radius 2 is 2.09 bits per heavy atom. The zero-order valence-corrected chi connectivity index (χ0v) is 19.5. The lowest BCUT2D eigenvalue weighted by Gasteiger charge is -2.37. The van der Waals surface area contributed by atoms with E-state index in [0.717, 1.165) is 24.0 Å². The van der Waals surface area contributed by atoms with Crippen molar-refractivity contribution < 1.29 is 4.79 Å². The highest BCUT2D eigenvalue weighted by atomic mass is 16.1. The van der Waals surface area contributed by atoms with Gasteiger partial charge in [-0.1, -0.05) is 49.8 Å². The van der Waals surface area contributed by atoms with Gasteiger partial charge in [-0.25, -0.2) is 10.1 Å². The molecule has 1 unspecified atom stereocenters. The van der Waals surface area contributed by atoms with Crippen LogP contribution in [0.2, 0.25) is 0 Å². The van der Waals surface area contributed by atoms with Crippen molar-refractivity contribution >= 4 is 11.9 Å². The molecule has 3 rings (SSSR count). The summed E-state index contributed by atoms with van der Waals surface area (Å²) in [6.07, 6.45) is 21.2. The van der Waals surface area contributed by atoms with Gasteiger partial charge < -0.3 is 4.57 Å². The van der Waals surface area contributed by atoms with E-state index in [4.69, 9.17) is 0 Å². The third-order valence-electron chi connectivity index (χ3n) is 5.83. The number of hydrogen-bond donors (Lipinski definition) is 2. The Bertz CT molecular complexity index is 1070. The molecule has 0 saturated heterocycles. The van der Waals surface area contributed by atoms with Crippen LogP contribution < -0.4 is 5.32 Å². The first kappa shape index (κ1) is 23.2. The van der Waals surface area contributed by atoms with Gasteiger partial charge >= 0.3 is 0 Å². The Kier molecular flexibility index (Phi) is 7.41. The second-order valence-corrected chi connectivity index (χ2v) is 8.86. The summed E-state index contributed by atoms with van der Waals surface area (Å²) in [4.78, 5) is 20.0. The molecule has 1 atom stereocenters. The van der Waals surface area contributed by atoms with Crippen LogP contribution in [0.4, 0.5) is 5.95 Å². The molecule has 1 aliphatic rings. The van der Waals surface area contributed by atoms with E-state index in [1.807, 2.05) is 43.9 Å². The van der Waals surface area contributed by atoms with Gasteiger partial charge in [0.2, 0.25) is 5.95 Å². The topological polar surface area (TPSA) is 88.5 Å². The van der Waals surface area contributed by atoms with E-state index in [1.165, 1.54) is 23.5 Å². The molecular formula is C25H32N6O. The van der Waals surface area contributed by atoms with Crippen LogP contribution >= 0.6 is 0 Å². The minimum absolute atomic E-state index is 0.143. The molecule has 0 radical (unpaired) electrons. The average molecular weight is 433 g/mol. The maximum Gasteiger partial charge on any atom is 0.250 e. The molecule has 0 saturated carbocycles. The van der Waals surface area contributed by atoms with Crippen LogP contribution in [0.25, 0.3) is 0 Å². The van der Waals surface area contributed by atoms with E-state index >= 15 is 0 Å². The highest BCUT2D eigenvalue weighted by molar-refractivity contribution is 5.98. The number of H-pyrrole nitrogens is 1. The number of rotatable bonds is 7. The van der Waals surface area contributed by atoms with Crippen LogP contribution in [0.3, 0.4) is 0 Å². The normalized spacial score (nSPS) is 19.8. The molecule has 2 N–H and O–H groups in total. The largest absolute Gasteiger partial charge is 0.330 e. The summed E-state index contributed by atoms with van der Waals surface area (Å²) in [5, 5.41) is 8.91. The van der Waals surface area contributed by atoms with E-state index < -0.39 is 0 Å². The van der Waals surface area contributed by atoms with Crippen molar-refractivity contribution in [3.05, 3.63) is 83.8 Å². The number of aromatic amines is 1. The molecule has 0 spiro atoms. The number of hydrogen-bond acceptors (Lipinski definition) is 4. The van der Waals surface area contributed by atoms with E-state index in [-0.39, 0.29) is 11.3 Å². The number of carbonyl (C=O) groups is 1. The first-order chi connectivity index (χ1) is 15.3. The number of allylic oxidation sites excluding steroid dienone is 9. The Balaban J connectivity index is 1.67. The number of amides is 1. The van der Waals surface area contributed by atoms with Gasteiger partial charge in [0.1, 0.15) is 6.33 Å². The van der Waals surface area contributed by atoms with E-state index in [1.54, 1.807) is 0 Å². The molecule has 7 heteroatoms. The first-order valence-electron chi connectivity index (χ1n) is 10.8. The minimum Gasteiger partial charge on any atom is -0.330 e. The molecule has 0 bridgehead atoms. The van der Waals surface area contributed by atoms with Crippen LogP contribution in [0.15, 0.2) is 83.8 Å². The lowest BCUT2D eigenvalue weighted by molar-refractivity contribution is -0.112. The minimum atomic E-state index is -0.251. The van der Waals surface area contributed by atoms with Crippen molar-refractivity contribution in [1.82, 2.24) is 24.7 Å². The predicted molar refractivity (Wildman–Crippen MR) is 128 cm³/mol. The van der Waals surface area contributed by atoms with Gasteiger partial charge in [-0.3, -0.25) is 10.1 Å². The number of nitrogens with zero attached hydrogens (tertiary/aromatic N) is 4. The van der Waals surface area contributed by atoms with Gasteiger partial charge in [-0.15, -0.1) is 0 Å². The van der Waals surface area contributed by atoms with Crippen LogP contribution in [0, 0.1) is 5.41 Å². The third-order valence-corrected chi connectivity index (χ3v) is 5.83. The fourth-order valence-electron chi connectivity index (χ4n) is 4.04. The van der Waals surface area contributed by atoms with E-state index in [0.29, 0.717) is 12.0 Å². The molecule has 2 aromatic rings. The Hall–Kier alpha value is -3.48. The molecule has 0 fully saturated rings. The molecule has 168 valence electrons. The van der Waals surface area contributed by atoms with Gasteiger partial charge in [0.15, 0.2) is 0 Å². The summed E-state index contributed by atoms with van der Waals surface area (Å²) in [5.41, 5.74) is 4.91. The van der Waals surface area contributed by atoms with Crippen LogP contribution in [-0.2, 0) is 4.79 Å². The fraction of sp³-hybridized carbons (Fsp3) is 0.360. The van der Waals surface area contributed by atoms with Crippen molar-refractivity contribution in [2.45, 2.75) is 53.5 Å². The summed E-state index contributed by atoms with van der Waals surface area (Å²) >= 11 is 0. The molecule has 1 aliphatic carbocycles. The third kappa shape index (κ3) is 6.03. The number of aromatic nitrogens is 5. The number of nitrogens with one attached hydrogen (secondary N) is 2. The zero-order valence-electron chi connectivity index (χ0n) is 19.5. The molecule has 2 heterocycles. The quantitative estimate of drug-likeness (QED) is 0.458. The van der Waals surface area contributed by atoms with Crippen molar-refractivity contribution in [3.8, 4) is 0 Å². The number of imidazole rings is 1. The summed E-state index contributed by atoms with van der Waals surface area (Å²) < 4.78 is 2.21. The van der Waals surface area contributed by atoms with Gasteiger partial charge in [0.05, 0.1) is 12.4 Å². The van der Waals surface area contributed by atoms with Crippen LogP contribution in [-0.4, -0.2) is 30.6 Å². The standard InChI is InChI=1S/C25H32N6O/c1-18(7-6-8-19(2)15-23(32)29-24-27-16-28-30-24)9-10-21-20(3)22(11-12-25(21,4)5)31-14-13-26-17-31/h6-10,13-17,22H,11-12H2,1-5H3,(H2,27,28,29,30,32). The lowest BCUT2D eigenvalue weighted by Crippen LogP contribution is -2.25. The molecule has 1 amide bonds. The predicted octanol–water partition coefficient (Wildman–Crippen LogP) is 5.32. The summed E-state index contributed by atoms with van der Waals surface area (Å²) in [5.74, 6) is 0.0771. The van der Waals surface area contributed by atoms with Crippen LogP contribution in [0.1, 0.15) is 53.5 Å². The average Bonchev–Trinajstić information content (AvgIpc) is 3.41. The highest BCUT2D eigenvalue weighted by Crippen LogP contribution is 2.45. The zero-order chi connectivity index (χ0) is 23.1. The maximum absolute atomic E-state index is 12.0. The molecular weight excluding hydrogens is 400 g/mol. The molecule has 2 aromatic heterocycles. The highest BCUT2D eigenvalue weighted by Gasteiger charge is 2.32. The Morgan fingerprint density at radius 3 is 2.78 bits per heavy atom. The van der Waals surface area contributed by atoms with Crippen LogP contribution in [0.5, 0.6) is 0 Å². The van der Waals surface area contributed by atoms with Gasteiger partial charge in [-0.2, -0.15) is 10.1 Å². The van der Waals surface area contributed by atoms with E-state index in [9.17, 15) is 4.79 Å². The van der Waals surface area contributed by atoms with Crippen molar-refractivity contribution in [2.24, 2.45) is 5.41 Å². The van der Waals surface area contributed by atoms with Crippen molar-refractivity contribution in [2.75, 3.05) is 5.32 Å². The molecule has 32 heavy (non-hydrogen) atoms. The Morgan fingerprint density at radius 1 is 1.28 bits per heavy atom. The molecule has 7 nitrogen and oxygen atoms in total. The monoisotopic (exact) mass is 432 g/mol. The fourth-order valence-corrected chi connectivity index (χ4v) is 4.04. The van der Waals surface area contributed by atoms with E-state index in [2.05, 4.69) is 69.9 Å².